The lowest BCUT2D eigenvalue weighted by Crippen LogP contribution is -2.46. The van der Waals surface area contributed by atoms with Gasteiger partial charge in [-0.2, -0.15) is 0 Å². The molecule has 0 saturated heterocycles. The highest BCUT2D eigenvalue weighted by molar-refractivity contribution is 7.10. The zero-order valence-electron chi connectivity index (χ0n) is 23.6. The number of hydrogen-bond donors (Lipinski definition) is 0. The van der Waals surface area contributed by atoms with Gasteiger partial charge in [0.05, 0.1) is 11.0 Å². The number of thiophene rings is 1. The molecule has 0 N–H and O–H groups in total. The van der Waals surface area contributed by atoms with Gasteiger partial charge in [0.1, 0.15) is 6.54 Å². The second-order valence-electron chi connectivity index (χ2n) is 11.2. The van der Waals surface area contributed by atoms with E-state index in [0.29, 0.717) is 18.7 Å². The fraction of sp³-hybridized carbons (Fsp3) is 0.375. The van der Waals surface area contributed by atoms with E-state index in [1.54, 1.807) is 34.4 Å². The summed E-state index contributed by atoms with van der Waals surface area (Å²) in [5.74, 6) is -0.325. The number of unbranched alkanes of at least 4 members (excludes halogenated alkanes) is 1. The fourth-order valence-electron chi connectivity index (χ4n) is 4.96. The SMILES string of the molecule is CCCCN(CC(=O)N1CCc2sccc2C1c1ccc(C(C)(C)C)cc1)C(=O)/C=C/c1ccc([N+](=O)[O-])cc1. The van der Waals surface area contributed by atoms with Gasteiger partial charge in [-0.1, -0.05) is 58.4 Å². The van der Waals surface area contributed by atoms with Crippen molar-refractivity contribution >= 4 is 34.9 Å². The summed E-state index contributed by atoms with van der Waals surface area (Å²) < 4.78 is 0. The van der Waals surface area contributed by atoms with Crippen LogP contribution in [0.4, 0.5) is 5.69 Å². The van der Waals surface area contributed by atoms with Crippen LogP contribution in [-0.2, 0) is 21.4 Å². The summed E-state index contributed by atoms with van der Waals surface area (Å²) >= 11 is 1.73. The molecule has 0 saturated carbocycles. The summed E-state index contributed by atoms with van der Waals surface area (Å²) in [5, 5.41) is 13.0. The minimum atomic E-state index is -0.456. The van der Waals surface area contributed by atoms with E-state index in [1.807, 2.05) is 4.90 Å². The van der Waals surface area contributed by atoms with E-state index >= 15 is 0 Å². The first-order valence-corrected chi connectivity index (χ1v) is 14.6. The fourth-order valence-corrected chi connectivity index (χ4v) is 5.86. The van der Waals surface area contributed by atoms with E-state index in [1.165, 1.54) is 28.6 Å². The Morgan fingerprint density at radius 1 is 1.10 bits per heavy atom. The molecule has 2 aromatic carbocycles. The van der Waals surface area contributed by atoms with Gasteiger partial charge in [0, 0.05) is 36.2 Å². The average molecular weight is 560 g/mol. The topological polar surface area (TPSA) is 83.8 Å². The minimum absolute atomic E-state index is 0.000516. The molecular formula is C32H37N3O4S. The highest BCUT2D eigenvalue weighted by atomic mass is 32.1. The summed E-state index contributed by atoms with van der Waals surface area (Å²) in [7, 11) is 0. The number of nitro groups is 1. The molecule has 3 aromatic rings. The summed E-state index contributed by atoms with van der Waals surface area (Å²) in [6.45, 7) is 9.70. The molecule has 0 spiro atoms. The van der Waals surface area contributed by atoms with Gasteiger partial charge in [0.25, 0.3) is 5.69 Å². The number of non-ortho nitro benzene ring substituents is 1. The van der Waals surface area contributed by atoms with E-state index in [2.05, 4.69) is 63.4 Å². The van der Waals surface area contributed by atoms with E-state index in [-0.39, 0.29) is 35.5 Å². The van der Waals surface area contributed by atoms with E-state index in [0.717, 1.165) is 30.4 Å². The molecule has 0 radical (unpaired) electrons. The van der Waals surface area contributed by atoms with Gasteiger partial charge in [-0.3, -0.25) is 19.7 Å². The molecule has 1 unspecified atom stereocenters. The Morgan fingerprint density at radius 2 is 1.80 bits per heavy atom. The molecule has 8 heteroatoms. The third-order valence-electron chi connectivity index (χ3n) is 7.32. The number of hydrogen-bond acceptors (Lipinski definition) is 5. The second kappa shape index (κ2) is 12.6. The molecule has 210 valence electrons. The van der Waals surface area contributed by atoms with Crippen LogP contribution in [-0.4, -0.2) is 46.2 Å². The van der Waals surface area contributed by atoms with Gasteiger partial charge in [0.2, 0.25) is 11.8 Å². The Balaban J connectivity index is 1.55. The zero-order valence-corrected chi connectivity index (χ0v) is 24.4. The number of fused-ring (bicyclic) bond motifs is 1. The first-order valence-electron chi connectivity index (χ1n) is 13.8. The molecule has 1 aliphatic rings. The lowest BCUT2D eigenvalue weighted by atomic mass is 9.85. The average Bonchev–Trinajstić information content (AvgIpc) is 3.42. The van der Waals surface area contributed by atoms with Crippen LogP contribution in [0.3, 0.4) is 0 Å². The number of amides is 2. The molecule has 2 heterocycles. The highest BCUT2D eigenvalue weighted by Gasteiger charge is 2.34. The highest BCUT2D eigenvalue weighted by Crippen LogP contribution is 2.38. The van der Waals surface area contributed by atoms with Gasteiger partial charge in [0.15, 0.2) is 0 Å². The van der Waals surface area contributed by atoms with Gasteiger partial charge in [-0.25, -0.2) is 0 Å². The Morgan fingerprint density at radius 3 is 2.42 bits per heavy atom. The van der Waals surface area contributed by atoms with Gasteiger partial charge >= 0.3 is 0 Å². The Kier molecular flexibility index (Phi) is 9.20. The van der Waals surface area contributed by atoms with E-state index in [9.17, 15) is 19.7 Å². The van der Waals surface area contributed by atoms with Crippen LogP contribution < -0.4 is 0 Å². The van der Waals surface area contributed by atoms with Gasteiger partial charge < -0.3 is 9.80 Å². The standard InChI is InChI=1S/C32H37N3O4S/c1-5-6-19-33(29(36)16-9-23-7-14-26(15-8-23)35(38)39)22-30(37)34-20-17-28-27(18-21-40-28)31(34)24-10-12-25(13-11-24)32(2,3)4/h7-16,18,21,31H,5-6,17,19-20,22H2,1-4H3/b16-9+. The molecule has 0 bridgehead atoms. The number of nitro benzene ring substituents is 1. The van der Waals surface area contributed by atoms with Crippen LogP contribution >= 0.6 is 11.3 Å². The third kappa shape index (κ3) is 6.86. The summed E-state index contributed by atoms with van der Waals surface area (Å²) in [5.41, 5.74) is 4.20. The molecule has 0 aliphatic carbocycles. The van der Waals surface area contributed by atoms with Crippen LogP contribution in [0, 0.1) is 10.1 Å². The number of carbonyl (C=O) groups excluding carboxylic acids is 2. The van der Waals surface area contributed by atoms with Crippen molar-refractivity contribution in [2.24, 2.45) is 0 Å². The first-order chi connectivity index (χ1) is 19.1. The zero-order chi connectivity index (χ0) is 28.9. The van der Waals surface area contributed by atoms with Crippen molar-refractivity contribution in [1.29, 1.82) is 0 Å². The van der Waals surface area contributed by atoms with Crippen molar-refractivity contribution in [2.75, 3.05) is 19.6 Å². The molecule has 1 aliphatic heterocycles. The van der Waals surface area contributed by atoms with Crippen molar-refractivity contribution in [3.8, 4) is 0 Å². The maximum atomic E-state index is 13.8. The molecule has 1 aromatic heterocycles. The Labute approximate surface area is 240 Å². The summed E-state index contributed by atoms with van der Waals surface area (Å²) in [6.07, 6.45) is 5.57. The van der Waals surface area contributed by atoms with Crippen molar-refractivity contribution in [3.05, 3.63) is 103 Å². The lowest BCUT2D eigenvalue weighted by Gasteiger charge is -2.37. The molecule has 1 atom stereocenters. The number of nitrogens with zero attached hydrogens (tertiary/aromatic N) is 3. The molecule has 7 nitrogen and oxygen atoms in total. The van der Waals surface area contributed by atoms with Gasteiger partial charge in [-0.15, -0.1) is 11.3 Å². The van der Waals surface area contributed by atoms with Crippen LogP contribution in [0.25, 0.3) is 6.08 Å². The van der Waals surface area contributed by atoms with Crippen molar-refractivity contribution in [1.82, 2.24) is 9.80 Å². The van der Waals surface area contributed by atoms with Crippen LogP contribution in [0.2, 0.25) is 0 Å². The molecule has 4 rings (SSSR count). The van der Waals surface area contributed by atoms with Crippen LogP contribution in [0.1, 0.15) is 73.7 Å². The molecule has 0 fully saturated rings. The third-order valence-corrected chi connectivity index (χ3v) is 8.32. The summed E-state index contributed by atoms with van der Waals surface area (Å²) in [6, 6.07) is 16.5. The number of carbonyl (C=O) groups is 2. The number of rotatable bonds is 9. The van der Waals surface area contributed by atoms with Crippen molar-refractivity contribution in [2.45, 2.75) is 58.4 Å². The Hall–Kier alpha value is -3.78. The van der Waals surface area contributed by atoms with Crippen molar-refractivity contribution < 1.29 is 14.5 Å². The maximum absolute atomic E-state index is 13.8. The molecule has 2 amide bonds. The van der Waals surface area contributed by atoms with Gasteiger partial charge in [-0.05, 0) is 70.2 Å². The van der Waals surface area contributed by atoms with Crippen LogP contribution in [0.5, 0.6) is 0 Å². The van der Waals surface area contributed by atoms with E-state index < -0.39 is 4.92 Å². The first kappa shape index (κ1) is 29.2. The minimum Gasteiger partial charge on any atom is -0.330 e. The molecule has 40 heavy (non-hydrogen) atoms. The Bertz CT molecular complexity index is 1370. The predicted octanol–water partition coefficient (Wildman–Crippen LogP) is 6.77. The van der Waals surface area contributed by atoms with Crippen molar-refractivity contribution in [3.63, 3.8) is 0 Å². The number of benzene rings is 2. The monoisotopic (exact) mass is 559 g/mol. The maximum Gasteiger partial charge on any atom is 0.269 e. The predicted molar refractivity (Wildman–Crippen MR) is 160 cm³/mol. The normalized spacial score (nSPS) is 15.2. The quantitative estimate of drug-likeness (QED) is 0.165. The smallest absolute Gasteiger partial charge is 0.269 e. The lowest BCUT2D eigenvalue weighted by molar-refractivity contribution is -0.384. The van der Waals surface area contributed by atoms with E-state index in [4.69, 9.17) is 0 Å². The second-order valence-corrected chi connectivity index (χ2v) is 12.2. The summed E-state index contributed by atoms with van der Waals surface area (Å²) in [4.78, 5) is 42.4. The largest absolute Gasteiger partial charge is 0.330 e. The molecular weight excluding hydrogens is 522 g/mol. The van der Waals surface area contributed by atoms with Crippen LogP contribution in [0.15, 0.2) is 66.1 Å².